The minimum absolute atomic E-state index is 0. The zero-order valence-corrected chi connectivity index (χ0v) is 12.6. The number of hydrogen-bond donors (Lipinski definition) is 2. The van der Waals surface area contributed by atoms with Crippen LogP contribution in [0.15, 0.2) is 48.5 Å². The normalized spacial score (nSPS) is 14.9. The zero-order chi connectivity index (χ0) is 11.2. The summed E-state index contributed by atoms with van der Waals surface area (Å²) in [5, 5.41) is 19.7. The largest absolute Gasteiger partial charge is 1.00 e. The molecule has 3 rings (SSSR count). The van der Waals surface area contributed by atoms with Crippen molar-refractivity contribution in [1.29, 1.82) is 0 Å². The first-order chi connectivity index (χ1) is 7.68. The number of hydrogen-bond acceptors (Lipinski definition) is 3. The van der Waals surface area contributed by atoms with Crippen molar-refractivity contribution in [2.75, 3.05) is 0 Å². The Labute approximate surface area is 142 Å². The summed E-state index contributed by atoms with van der Waals surface area (Å²) in [7, 11) is 0. The van der Waals surface area contributed by atoms with Crippen LogP contribution in [-0.4, -0.2) is 16.8 Å². The predicted octanol–water partition coefficient (Wildman–Crippen LogP) is -2.12. The Morgan fingerprint density at radius 1 is 0.824 bits per heavy atom. The molecule has 0 spiro atoms. The van der Waals surface area contributed by atoms with Crippen molar-refractivity contribution >= 4 is 12.2 Å². The van der Waals surface area contributed by atoms with Crippen LogP contribution in [0.2, 0.25) is 0 Å². The third-order valence-corrected chi connectivity index (χ3v) is 2.83. The topological polar surface area (TPSA) is 49.7 Å². The molecule has 3 nitrogen and oxygen atoms in total. The van der Waals surface area contributed by atoms with E-state index in [4.69, 9.17) is 4.65 Å². The maximum atomic E-state index is 9.87. The van der Waals surface area contributed by atoms with E-state index in [9.17, 15) is 10.0 Å². The van der Waals surface area contributed by atoms with E-state index in [1.807, 2.05) is 24.3 Å². The molecule has 0 amide bonds. The van der Waals surface area contributed by atoms with Crippen molar-refractivity contribution in [3.05, 3.63) is 48.5 Å². The molecule has 0 aliphatic carbocycles. The van der Waals surface area contributed by atoms with Gasteiger partial charge < -0.3 is 14.7 Å². The molecule has 0 fully saturated rings. The Hall–Kier alpha value is -0.139. The maximum absolute atomic E-state index is 9.87. The van der Waals surface area contributed by atoms with Crippen molar-refractivity contribution in [2.24, 2.45) is 0 Å². The van der Waals surface area contributed by atoms with Crippen molar-refractivity contribution in [1.82, 2.24) is 0 Å². The maximum Gasteiger partial charge on any atom is 1.00 e. The van der Waals surface area contributed by atoms with Crippen LogP contribution in [0.1, 0.15) is 0 Å². The van der Waals surface area contributed by atoms with Crippen molar-refractivity contribution in [3.63, 3.8) is 0 Å². The molecule has 0 saturated carbocycles. The summed E-state index contributed by atoms with van der Waals surface area (Å²) in [5.74, 6) is 0.506. The molecule has 0 saturated heterocycles. The van der Waals surface area contributed by atoms with Gasteiger partial charge in [0.05, 0.1) is 5.75 Å². The summed E-state index contributed by atoms with van der Waals surface area (Å²) in [5.41, 5.74) is 2.13. The van der Waals surface area contributed by atoms with E-state index in [2.05, 4.69) is 0 Å². The second-order valence-electron chi connectivity index (χ2n) is 3.90. The van der Waals surface area contributed by atoms with Gasteiger partial charge in [-0.3, -0.25) is 0 Å². The summed E-state index contributed by atoms with van der Waals surface area (Å²) in [6, 6.07) is 14.5. The molecular formula is C12H10BKO3. The Morgan fingerprint density at radius 2 is 1.41 bits per heavy atom. The predicted molar refractivity (Wildman–Crippen MR) is 62.3 cm³/mol. The van der Waals surface area contributed by atoms with Crippen LogP contribution < -0.4 is 61.5 Å². The quantitative estimate of drug-likeness (QED) is 0.527. The van der Waals surface area contributed by atoms with Crippen molar-refractivity contribution in [3.8, 4) is 16.9 Å². The summed E-state index contributed by atoms with van der Waals surface area (Å²) >= 11 is 0. The smallest absolute Gasteiger partial charge is 0.666 e. The molecule has 2 aromatic rings. The minimum atomic E-state index is -2.93. The fourth-order valence-corrected chi connectivity index (χ4v) is 2.10. The Bertz CT molecular complexity index is 557. The number of rotatable bonds is 0. The molecule has 17 heavy (non-hydrogen) atoms. The molecule has 0 bridgehead atoms. The van der Waals surface area contributed by atoms with Crippen LogP contribution in [0.25, 0.3) is 11.1 Å². The average Bonchev–Trinajstić information content (AvgIpc) is 2.29. The fraction of sp³-hybridized carbons (Fsp3) is 0. The molecule has 5 heteroatoms. The van der Waals surface area contributed by atoms with E-state index in [1.165, 1.54) is 0 Å². The molecule has 80 valence electrons. The number of para-hydroxylation sites is 1. The van der Waals surface area contributed by atoms with E-state index >= 15 is 0 Å². The van der Waals surface area contributed by atoms with E-state index in [0.717, 1.165) is 11.1 Å². The van der Waals surface area contributed by atoms with E-state index in [0.29, 0.717) is 11.2 Å². The summed E-state index contributed by atoms with van der Waals surface area (Å²) in [6.45, 7) is -2.93. The van der Waals surface area contributed by atoms with Gasteiger partial charge in [-0.2, -0.15) is 0 Å². The first kappa shape index (κ1) is 13.3. The first-order valence-corrected chi connectivity index (χ1v) is 5.15. The summed E-state index contributed by atoms with van der Waals surface area (Å²) in [6.07, 6.45) is 0. The number of benzene rings is 2. The van der Waals surface area contributed by atoms with Gasteiger partial charge >= 0.3 is 58.1 Å². The molecule has 2 N–H and O–H groups in total. The molecule has 0 radical (unpaired) electrons. The molecule has 1 heterocycles. The fourth-order valence-electron chi connectivity index (χ4n) is 2.10. The van der Waals surface area contributed by atoms with Gasteiger partial charge in [-0.15, -0.1) is 0 Å². The molecule has 0 atom stereocenters. The monoisotopic (exact) mass is 252 g/mol. The van der Waals surface area contributed by atoms with Gasteiger partial charge in [0.25, 0.3) is 0 Å². The van der Waals surface area contributed by atoms with Gasteiger partial charge in [0.15, 0.2) is 0 Å². The third-order valence-electron chi connectivity index (χ3n) is 2.83. The van der Waals surface area contributed by atoms with Crippen LogP contribution >= 0.6 is 0 Å². The summed E-state index contributed by atoms with van der Waals surface area (Å²) < 4.78 is 5.22. The van der Waals surface area contributed by atoms with Gasteiger partial charge in [0, 0.05) is 5.56 Å². The number of fused-ring (bicyclic) bond motifs is 3. The average molecular weight is 252 g/mol. The Balaban J connectivity index is 0.00000108. The molecular weight excluding hydrogens is 242 g/mol. The van der Waals surface area contributed by atoms with E-state index in [1.54, 1.807) is 24.3 Å². The van der Waals surface area contributed by atoms with Gasteiger partial charge in [-0.25, -0.2) is 0 Å². The standard InChI is InChI=1S/C12H10BO3.K/c14-13(15)11-7-3-1-5-9(11)10-6-2-4-8-12(10)16-13;/h1-8,14-15H;/q-1;+1. The van der Waals surface area contributed by atoms with E-state index in [-0.39, 0.29) is 51.4 Å². The zero-order valence-electron chi connectivity index (χ0n) is 9.50. The van der Waals surface area contributed by atoms with Crippen molar-refractivity contribution in [2.45, 2.75) is 0 Å². The van der Waals surface area contributed by atoms with Gasteiger partial charge in [0.2, 0.25) is 0 Å². The van der Waals surface area contributed by atoms with Crippen LogP contribution in [0.3, 0.4) is 0 Å². The van der Waals surface area contributed by atoms with Crippen LogP contribution in [0, 0.1) is 0 Å². The third kappa shape index (κ3) is 2.24. The molecule has 0 unspecified atom stereocenters. The Kier molecular flexibility index (Phi) is 3.80. The molecule has 1 aliphatic rings. The van der Waals surface area contributed by atoms with Crippen LogP contribution in [-0.2, 0) is 0 Å². The molecule has 2 aromatic carbocycles. The van der Waals surface area contributed by atoms with E-state index < -0.39 is 6.75 Å². The second kappa shape index (κ2) is 4.86. The van der Waals surface area contributed by atoms with Crippen LogP contribution in [0.5, 0.6) is 5.75 Å². The second-order valence-corrected chi connectivity index (χ2v) is 3.90. The minimum Gasteiger partial charge on any atom is -0.666 e. The van der Waals surface area contributed by atoms with Gasteiger partial charge in [-0.05, 0) is 11.6 Å². The SMILES string of the molecule is O[B-]1(O)Oc2ccccc2-c2ccccc21.[K+]. The first-order valence-electron chi connectivity index (χ1n) is 5.15. The Morgan fingerprint density at radius 3 is 2.18 bits per heavy atom. The van der Waals surface area contributed by atoms with Crippen molar-refractivity contribution < 1.29 is 66.1 Å². The van der Waals surface area contributed by atoms with Crippen LogP contribution in [0.4, 0.5) is 0 Å². The summed E-state index contributed by atoms with van der Waals surface area (Å²) in [4.78, 5) is 0. The van der Waals surface area contributed by atoms with Gasteiger partial charge in [0.1, 0.15) is 0 Å². The van der Waals surface area contributed by atoms with Gasteiger partial charge in [-0.1, -0.05) is 47.9 Å². The molecule has 0 aromatic heterocycles. The molecule has 1 aliphatic heterocycles.